The lowest BCUT2D eigenvalue weighted by atomic mass is 10.1. The van der Waals surface area contributed by atoms with E-state index in [2.05, 4.69) is 10.6 Å². The van der Waals surface area contributed by atoms with Crippen molar-refractivity contribution < 1.29 is 50.7 Å². The van der Waals surface area contributed by atoms with Crippen LogP contribution in [0.2, 0.25) is 0 Å². The Hall–Kier alpha value is -4.04. The van der Waals surface area contributed by atoms with E-state index in [-0.39, 0.29) is 11.4 Å². The van der Waals surface area contributed by atoms with Crippen molar-refractivity contribution in [2.75, 3.05) is 28.4 Å². The second-order valence-corrected chi connectivity index (χ2v) is 11.6. The molecule has 13 nitrogen and oxygen atoms in total. The lowest BCUT2D eigenvalue weighted by molar-refractivity contribution is -0.144. The van der Waals surface area contributed by atoms with Gasteiger partial charge in [0.1, 0.15) is 28.9 Å². The Balaban J connectivity index is 2.42. The molecule has 0 unspecified atom stereocenters. The molecule has 0 bridgehead atoms. The third-order valence-corrected chi connectivity index (χ3v) is 7.06. The van der Waals surface area contributed by atoms with Crippen molar-refractivity contribution in [3.8, 4) is 17.2 Å². The summed E-state index contributed by atoms with van der Waals surface area (Å²) in [6.45, 7) is 6.46. The summed E-state index contributed by atoms with van der Waals surface area (Å²) in [4.78, 5) is 38.3. The predicted octanol–water partition coefficient (Wildman–Crippen LogP) is 2.87. The van der Waals surface area contributed by atoms with E-state index in [1.807, 2.05) is 0 Å². The maximum absolute atomic E-state index is 13.5. The van der Waals surface area contributed by atoms with Gasteiger partial charge in [0.15, 0.2) is 6.10 Å². The molecule has 14 heteroatoms. The van der Waals surface area contributed by atoms with Crippen LogP contribution in [0.4, 0.5) is 4.79 Å². The molecule has 2 N–H and O–H groups in total. The van der Waals surface area contributed by atoms with Gasteiger partial charge in [-0.15, -0.1) is 0 Å². The molecule has 0 fully saturated rings. The van der Waals surface area contributed by atoms with Crippen LogP contribution < -0.4 is 24.8 Å². The summed E-state index contributed by atoms with van der Waals surface area (Å²) in [5.74, 6) is -0.761. The fraction of sp³-hybridized carbons (Fsp3) is 0.464. The molecule has 0 aliphatic carbocycles. The van der Waals surface area contributed by atoms with E-state index in [1.54, 1.807) is 52.0 Å². The normalized spacial score (nSPS) is 12.9. The number of carbonyl (C=O) groups is 3. The molecule has 0 saturated heterocycles. The minimum atomic E-state index is -4.50. The van der Waals surface area contributed by atoms with Crippen LogP contribution in [0.5, 0.6) is 17.2 Å². The van der Waals surface area contributed by atoms with E-state index in [0.717, 1.165) is 12.7 Å². The fourth-order valence-electron chi connectivity index (χ4n) is 3.67. The van der Waals surface area contributed by atoms with Crippen molar-refractivity contribution in [3.63, 3.8) is 0 Å². The first-order valence-electron chi connectivity index (χ1n) is 12.8. The Kier molecular flexibility index (Phi) is 12.0. The van der Waals surface area contributed by atoms with E-state index in [9.17, 15) is 22.8 Å². The zero-order valence-corrected chi connectivity index (χ0v) is 25.7. The molecule has 0 heterocycles. The summed E-state index contributed by atoms with van der Waals surface area (Å²) >= 11 is 0. The molecule has 2 atom stereocenters. The van der Waals surface area contributed by atoms with E-state index in [0.29, 0.717) is 22.8 Å². The maximum atomic E-state index is 13.5. The van der Waals surface area contributed by atoms with Crippen molar-refractivity contribution in [2.24, 2.45) is 0 Å². The van der Waals surface area contributed by atoms with Crippen molar-refractivity contribution in [2.45, 2.75) is 63.3 Å². The van der Waals surface area contributed by atoms with E-state index >= 15 is 0 Å². The minimum Gasteiger partial charge on any atom is -0.496 e. The molecule has 232 valence electrons. The molecule has 0 aromatic heterocycles. The smallest absolute Gasteiger partial charge is 0.408 e. The Morgan fingerprint density at radius 3 is 1.95 bits per heavy atom. The average molecular weight is 611 g/mol. The van der Waals surface area contributed by atoms with Crippen LogP contribution in [0.15, 0.2) is 41.3 Å². The van der Waals surface area contributed by atoms with Crippen LogP contribution >= 0.6 is 0 Å². The molecule has 42 heavy (non-hydrogen) atoms. The molecule has 2 rings (SSSR count). The van der Waals surface area contributed by atoms with Crippen molar-refractivity contribution in [1.29, 1.82) is 0 Å². The summed E-state index contributed by atoms with van der Waals surface area (Å²) in [6.07, 6.45) is -3.38. The molecule has 2 amide bonds. The molecule has 0 aliphatic rings. The highest BCUT2D eigenvalue weighted by Crippen LogP contribution is 2.34. The monoisotopic (exact) mass is 610 g/mol. The number of esters is 1. The number of benzene rings is 2. The molecular weight excluding hydrogens is 572 g/mol. The fourth-order valence-corrected chi connectivity index (χ4v) is 4.72. The number of carbonyl (C=O) groups excluding carboxylic acids is 3. The summed E-state index contributed by atoms with van der Waals surface area (Å²) < 4.78 is 57.7. The summed E-state index contributed by atoms with van der Waals surface area (Å²) in [5.41, 5.74) is 0.326. The van der Waals surface area contributed by atoms with Crippen LogP contribution in [0.1, 0.15) is 38.3 Å². The zero-order valence-electron chi connectivity index (χ0n) is 24.9. The molecule has 0 radical (unpaired) electrons. The van der Waals surface area contributed by atoms with E-state index < -0.39 is 52.3 Å². The number of aryl methyl sites for hydroxylation is 1. The van der Waals surface area contributed by atoms with Gasteiger partial charge in [0.25, 0.3) is 16.0 Å². The van der Waals surface area contributed by atoms with Gasteiger partial charge in [0.2, 0.25) is 0 Å². The van der Waals surface area contributed by atoms with Gasteiger partial charge < -0.3 is 34.3 Å². The number of alkyl carbamates (subject to hydrolysis) is 1. The Morgan fingerprint density at radius 1 is 0.905 bits per heavy atom. The van der Waals surface area contributed by atoms with Gasteiger partial charge in [0, 0.05) is 18.6 Å². The zero-order chi connectivity index (χ0) is 31.7. The van der Waals surface area contributed by atoms with Crippen LogP contribution in [0, 0.1) is 6.92 Å². The molecule has 0 saturated carbocycles. The van der Waals surface area contributed by atoms with Crippen molar-refractivity contribution in [1.82, 2.24) is 10.6 Å². The van der Waals surface area contributed by atoms with Crippen LogP contribution in [-0.4, -0.2) is 72.6 Å². The quantitative estimate of drug-likeness (QED) is 0.253. The highest BCUT2D eigenvalue weighted by atomic mass is 32.2. The second kappa shape index (κ2) is 14.7. The molecule has 0 aliphatic heterocycles. The third kappa shape index (κ3) is 9.80. The van der Waals surface area contributed by atoms with Gasteiger partial charge in [-0.2, -0.15) is 8.42 Å². The Bertz CT molecular complexity index is 1330. The standard InChI is InChI=1S/C28H38N2O11S/c1-17-9-11-19(12-10-17)42(34,35)41-24(15-21(26(32)39-8)30-27(33)40-28(2,3)4)25(31)29-16-20-22(37-6)13-18(36-5)14-23(20)38-7/h9-14,21,24H,15-16H2,1-8H3,(H,29,31)(H,30,33)/t21-,24+/m0/s1. The highest BCUT2D eigenvalue weighted by molar-refractivity contribution is 7.86. The lowest BCUT2D eigenvalue weighted by Gasteiger charge is -2.25. The van der Waals surface area contributed by atoms with Crippen molar-refractivity contribution in [3.05, 3.63) is 47.5 Å². The van der Waals surface area contributed by atoms with Crippen LogP contribution in [-0.2, 0) is 39.9 Å². The number of rotatable bonds is 13. The summed E-state index contributed by atoms with van der Waals surface area (Å²) in [5, 5.41) is 4.92. The first-order valence-corrected chi connectivity index (χ1v) is 14.2. The van der Waals surface area contributed by atoms with E-state index in [1.165, 1.54) is 33.5 Å². The molecule has 2 aromatic carbocycles. The Labute approximate surface area is 245 Å². The van der Waals surface area contributed by atoms with Gasteiger partial charge in [-0.05, 0) is 39.8 Å². The first-order chi connectivity index (χ1) is 19.6. The maximum Gasteiger partial charge on any atom is 0.408 e. The number of ether oxygens (including phenoxy) is 5. The number of hydrogen-bond donors (Lipinski definition) is 2. The second-order valence-electron chi connectivity index (χ2n) is 10.0. The van der Waals surface area contributed by atoms with E-state index in [4.69, 9.17) is 27.9 Å². The van der Waals surface area contributed by atoms with Gasteiger partial charge >= 0.3 is 12.1 Å². The lowest BCUT2D eigenvalue weighted by Crippen LogP contribution is -2.49. The van der Waals surface area contributed by atoms with Gasteiger partial charge in [-0.25, -0.2) is 9.59 Å². The van der Waals surface area contributed by atoms with Crippen LogP contribution in [0.25, 0.3) is 0 Å². The van der Waals surface area contributed by atoms with Gasteiger partial charge in [-0.1, -0.05) is 17.7 Å². The molecule has 0 spiro atoms. The average Bonchev–Trinajstić information content (AvgIpc) is 2.93. The van der Waals surface area contributed by atoms with Gasteiger partial charge in [0.05, 0.1) is 45.4 Å². The Morgan fingerprint density at radius 2 is 1.48 bits per heavy atom. The topological polar surface area (TPSA) is 165 Å². The summed E-state index contributed by atoms with van der Waals surface area (Å²) in [7, 11) is 0.886. The van der Waals surface area contributed by atoms with Crippen LogP contribution in [0.3, 0.4) is 0 Å². The molecule has 2 aromatic rings. The number of hydrogen-bond acceptors (Lipinski definition) is 11. The first kappa shape index (κ1) is 34.2. The molecular formula is C28H38N2O11S. The SMILES string of the molecule is COC(=O)[C@H](C[C@@H](OS(=O)(=O)c1ccc(C)cc1)C(=O)NCc1c(OC)cc(OC)cc1OC)NC(=O)OC(C)(C)C. The summed E-state index contributed by atoms with van der Waals surface area (Å²) in [6, 6.07) is 7.44. The number of amides is 2. The highest BCUT2D eigenvalue weighted by Gasteiger charge is 2.35. The predicted molar refractivity (Wildman–Crippen MR) is 151 cm³/mol. The minimum absolute atomic E-state index is 0.179. The third-order valence-electron chi connectivity index (χ3n) is 5.73. The van der Waals surface area contributed by atoms with Gasteiger partial charge in [-0.3, -0.25) is 8.98 Å². The number of nitrogens with one attached hydrogen (secondary N) is 2. The van der Waals surface area contributed by atoms with Crippen molar-refractivity contribution >= 4 is 28.1 Å². The number of methoxy groups -OCH3 is 4. The largest absolute Gasteiger partial charge is 0.496 e.